The summed E-state index contributed by atoms with van der Waals surface area (Å²) in [6, 6.07) is 5.52. The average Bonchev–Trinajstić information content (AvgIpc) is 2.68. The van der Waals surface area contributed by atoms with E-state index in [1.165, 1.54) is 0 Å². The first-order valence-electron chi connectivity index (χ1n) is 10.7. The van der Waals surface area contributed by atoms with Crippen LogP contribution in [0.2, 0.25) is 0 Å². The molecular weight excluding hydrogens is 398 g/mol. The third-order valence-corrected chi connectivity index (χ3v) is 5.42. The van der Waals surface area contributed by atoms with E-state index in [0.29, 0.717) is 34.9 Å². The van der Waals surface area contributed by atoms with Gasteiger partial charge in [0.05, 0.1) is 28.4 Å². The van der Waals surface area contributed by atoms with Crippen molar-refractivity contribution in [2.24, 2.45) is 5.92 Å². The Labute approximate surface area is 182 Å². The number of hydrogen-bond acceptors (Lipinski definition) is 6. The Morgan fingerprint density at radius 3 is 2.61 bits per heavy atom. The maximum Gasteiger partial charge on any atom is 0.339 e. The van der Waals surface area contributed by atoms with Gasteiger partial charge in [0.1, 0.15) is 17.9 Å². The van der Waals surface area contributed by atoms with E-state index in [9.17, 15) is 14.7 Å². The van der Waals surface area contributed by atoms with Crippen LogP contribution in [0.5, 0.6) is 5.75 Å². The van der Waals surface area contributed by atoms with Crippen LogP contribution in [0.3, 0.4) is 0 Å². The first-order valence-corrected chi connectivity index (χ1v) is 10.7. The summed E-state index contributed by atoms with van der Waals surface area (Å²) in [6.45, 7) is 6.38. The number of carbonyl (C=O) groups is 2. The lowest BCUT2D eigenvalue weighted by Gasteiger charge is -2.30. The summed E-state index contributed by atoms with van der Waals surface area (Å²) in [6.07, 6.45) is 3.13. The number of fused-ring (bicyclic) bond motifs is 1. The number of ether oxygens (including phenoxy) is 2. The van der Waals surface area contributed by atoms with Gasteiger partial charge in [-0.25, -0.2) is 4.79 Å². The van der Waals surface area contributed by atoms with E-state index in [4.69, 9.17) is 15.2 Å². The lowest BCUT2D eigenvalue weighted by molar-refractivity contribution is -0.127. The molecule has 0 atom stereocenters. The molecule has 2 aromatic rings. The number of nitrogens with two attached hydrogens (primary N) is 1. The molecule has 1 aromatic carbocycles. The fourth-order valence-electron chi connectivity index (χ4n) is 3.97. The fraction of sp³-hybridized carbons (Fsp3) is 0.522. The van der Waals surface area contributed by atoms with Crippen LogP contribution in [-0.4, -0.2) is 47.3 Å². The van der Waals surface area contributed by atoms with Crippen LogP contribution < -0.4 is 15.8 Å². The van der Waals surface area contributed by atoms with E-state index in [1.807, 2.05) is 19.9 Å². The van der Waals surface area contributed by atoms with Crippen molar-refractivity contribution in [2.45, 2.75) is 58.6 Å². The standard InChI is InChI=1S/C23H31N3O5/c1-13(2)11-30-12-19(27)26-15-7-9-16(10-8-15)31-18-6-4-5-17-21(18)22(24)20(23(28)29)14(3)25-17/h4-6,13,15-16H,7-12H2,1-3H3,(H2,24,25)(H,26,27)(H,28,29)/t15-,16-. The predicted molar refractivity (Wildman–Crippen MR) is 118 cm³/mol. The van der Waals surface area contributed by atoms with Crippen LogP contribution in [-0.2, 0) is 9.53 Å². The Kier molecular flexibility index (Phi) is 7.33. The van der Waals surface area contributed by atoms with Gasteiger partial charge in [0, 0.05) is 12.6 Å². The molecule has 0 saturated heterocycles. The summed E-state index contributed by atoms with van der Waals surface area (Å²) in [4.78, 5) is 28.0. The second kappa shape index (κ2) is 9.96. The molecule has 0 bridgehead atoms. The van der Waals surface area contributed by atoms with Gasteiger partial charge in [-0.15, -0.1) is 0 Å². The minimum Gasteiger partial charge on any atom is -0.490 e. The Bertz CT molecular complexity index is 952. The van der Waals surface area contributed by atoms with Crippen LogP contribution in [0, 0.1) is 12.8 Å². The second-order valence-corrected chi connectivity index (χ2v) is 8.51. The molecular formula is C23H31N3O5. The van der Waals surface area contributed by atoms with E-state index in [0.717, 1.165) is 25.7 Å². The monoisotopic (exact) mass is 429 g/mol. The molecule has 1 aliphatic carbocycles. The zero-order chi connectivity index (χ0) is 22.5. The van der Waals surface area contributed by atoms with Gasteiger partial charge in [-0.2, -0.15) is 0 Å². The number of aromatic nitrogens is 1. The molecule has 8 nitrogen and oxygen atoms in total. The highest BCUT2D eigenvalue weighted by molar-refractivity contribution is 6.06. The molecule has 4 N–H and O–H groups in total. The van der Waals surface area contributed by atoms with Gasteiger partial charge in [-0.1, -0.05) is 19.9 Å². The molecule has 31 heavy (non-hydrogen) atoms. The number of nitrogens with one attached hydrogen (secondary N) is 1. The SMILES string of the molecule is Cc1nc2cccc(O[C@H]3CC[C@H](NC(=O)COCC(C)C)CC3)c2c(N)c1C(=O)O. The van der Waals surface area contributed by atoms with Crippen LogP contribution in [0.1, 0.15) is 55.6 Å². The molecule has 1 aliphatic rings. The molecule has 0 aliphatic heterocycles. The predicted octanol–water partition coefficient (Wildman–Crippen LogP) is 3.30. The smallest absolute Gasteiger partial charge is 0.339 e. The Hall–Kier alpha value is -2.87. The Morgan fingerprint density at radius 2 is 1.97 bits per heavy atom. The molecule has 1 saturated carbocycles. The quantitative estimate of drug-likeness (QED) is 0.588. The molecule has 0 radical (unpaired) electrons. The lowest BCUT2D eigenvalue weighted by Crippen LogP contribution is -2.41. The van der Waals surface area contributed by atoms with E-state index >= 15 is 0 Å². The fourth-order valence-corrected chi connectivity index (χ4v) is 3.97. The highest BCUT2D eigenvalue weighted by Crippen LogP contribution is 2.35. The Morgan fingerprint density at radius 1 is 1.26 bits per heavy atom. The summed E-state index contributed by atoms with van der Waals surface area (Å²) in [7, 11) is 0. The van der Waals surface area contributed by atoms with Gasteiger partial charge in [-0.05, 0) is 50.7 Å². The first-order chi connectivity index (χ1) is 14.8. The van der Waals surface area contributed by atoms with Gasteiger partial charge < -0.3 is 25.6 Å². The van der Waals surface area contributed by atoms with E-state index < -0.39 is 5.97 Å². The molecule has 168 valence electrons. The number of pyridine rings is 1. The summed E-state index contributed by atoms with van der Waals surface area (Å²) in [5.74, 6) is -0.254. The number of carbonyl (C=O) groups excluding carboxylic acids is 1. The highest BCUT2D eigenvalue weighted by Gasteiger charge is 2.25. The number of carboxylic acid groups (broad SMARTS) is 1. The molecule has 0 unspecified atom stereocenters. The molecule has 1 heterocycles. The van der Waals surface area contributed by atoms with E-state index in [-0.39, 0.29) is 35.9 Å². The Balaban J connectivity index is 1.62. The molecule has 1 aromatic heterocycles. The number of aryl methyl sites for hydroxylation is 1. The summed E-state index contributed by atoms with van der Waals surface area (Å²) in [5, 5.41) is 13.1. The first kappa shape index (κ1) is 22.8. The van der Waals surface area contributed by atoms with Crippen molar-refractivity contribution < 1.29 is 24.2 Å². The number of benzene rings is 1. The van der Waals surface area contributed by atoms with Crippen molar-refractivity contribution in [3.63, 3.8) is 0 Å². The van der Waals surface area contributed by atoms with Crippen molar-refractivity contribution in [1.82, 2.24) is 10.3 Å². The van der Waals surface area contributed by atoms with Crippen LogP contribution >= 0.6 is 0 Å². The second-order valence-electron chi connectivity index (χ2n) is 8.51. The number of aromatic carboxylic acids is 1. The topological polar surface area (TPSA) is 124 Å². The number of hydrogen-bond donors (Lipinski definition) is 3. The van der Waals surface area contributed by atoms with Gasteiger partial charge in [0.15, 0.2) is 0 Å². The van der Waals surface area contributed by atoms with Crippen molar-refractivity contribution >= 4 is 28.5 Å². The van der Waals surface area contributed by atoms with Gasteiger partial charge >= 0.3 is 5.97 Å². The van der Waals surface area contributed by atoms with Crippen LogP contribution in [0.4, 0.5) is 5.69 Å². The minimum absolute atomic E-state index is 0.00894. The highest BCUT2D eigenvalue weighted by atomic mass is 16.5. The van der Waals surface area contributed by atoms with Gasteiger partial charge in [-0.3, -0.25) is 9.78 Å². The zero-order valence-corrected chi connectivity index (χ0v) is 18.3. The maximum absolute atomic E-state index is 12.0. The number of anilines is 1. The number of rotatable bonds is 8. The molecule has 0 spiro atoms. The van der Waals surface area contributed by atoms with E-state index in [1.54, 1.807) is 19.1 Å². The third kappa shape index (κ3) is 5.64. The van der Waals surface area contributed by atoms with Gasteiger partial charge in [0.2, 0.25) is 5.91 Å². The number of amides is 1. The molecule has 1 amide bonds. The molecule has 8 heteroatoms. The zero-order valence-electron chi connectivity index (χ0n) is 18.3. The lowest BCUT2D eigenvalue weighted by atomic mass is 9.93. The van der Waals surface area contributed by atoms with Crippen molar-refractivity contribution in [1.29, 1.82) is 0 Å². The molecule has 1 fully saturated rings. The molecule has 3 rings (SSSR count). The number of nitrogens with zero attached hydrogens (tertiary/aromatic N) is 1. The third-order valence-electron chi connectivity index (χ3n) is 5.42. The van der Waals surface area contributed by atoms with Crippen molar-refractivity contribution in [2.75, 3.05) is 18.9 Å². The number of carboxylic acids is 1. The maximum atomic E-state index is 12.0. The largest absolute Gasteiger partial charge is 0.490 e. The van der Waals surface area contributed by atoms with E-state index in [2.05, 4.69) is 10.3 Å². The normalized spacial score (nSPS) is 18.8. The van der Waals surface area contributed by atoms with Gasteiger partial charge in [0.25, 0.3) is 0 Å². The summed E-state index contributed by atoms with van der Waals surface area (Å²) in [5.41, 5.74) is 7.37. The van der Waals surface area contributed by atoms with Crippen LogP contribution in [0.25, 0.3) is 10.9 Å². The summed E-state index contributed by atoms with van der Waals surface area (Å²) >= 11 is 0. The number of nitrogen functional groups attached to an aromatic ring is 1. The minimum atomic E-state index is -1.10. The van der Waals surface area contributed by atoms with Crippen molar-refractivity contribution in [3.05, 3.63) is 29.5 Å². The summed E-state index contributed by atoms with van der Waals surface area (Å²) < 4.78 is 11.6. The van der Waals surface area contributed by atoms with Crippen molar-refractivity contribution in [3.8, 4) is 5.75 Å². The van der Waals surface area contributed by atoms with Crippen LogP contribution in [0.15, 0.2) is 18.2 Å². The average molecular weight is 430 g/mol.